The molecule has 4 rings (SSSR count). The van der Waals surface area contributed by atoms with Gasteiger partial charge in [-0.05, 0) is 40.2 Å². The number of halogens is 1. The van der Waals surface area contributed by atoms with E-state index in [1.807, 2.05) is 12.1 Å². The standard InChI is InChI=1S/C19H17BrN6O3/c20-14-4-5-18(21-13-14)23-8-10-24(11-9-23)19(27)17-6-7-25(22-17)15-2-1-3-16(12-15)26(28)29/h1-7,12-13H,8-11H2. The second-order valence-corrected chi connectivity index (χ2v) is 7.45. The van der Waals surface area contributed by atoms with E-state index >= 15 is 0 Å². The average molecular weight is 457 g/mol. The fourth-order valence-corrected chi connectivity index (χ4v) is 3.42. The summed E-state index contributed by atoms with van der Waals surface area (Å²) in [7, 11) is 0. The number of nitro groups is 1. The minimum Gasteiger partial charge on any atom is -0.353 e. The van der Waals surface area contributed by atoms with Gasteiger partial charge >= 0.3 is 0 Å². The molecule has 0 spiro atoms. The molecular formula is C19H17BrN6O3. The van der Waals surface area contributed by atoms with Crippen molar-refractivity contribution in [3.63, 3.8) is 0 Å². The van der Waals surface area contributed by atoms with Gasteiger partial charge < -0.3 is 9.80 Å². The number of pyridine rings is 1. The first-order chi connectivity index (χ1) is 14.0. The average Bonchev–Trinajstić information content (AvgIpc) is 3.24. The van der Waals surface area contributed by atoms with E-state index in [1.165, 1.54) is 16.8 Å². The lowest BCUT2D eigenvalue weighted by Crippen LogP contribution is -2.49. The van der Waals surface area contributed by atoms with E-state index in [2.05, 4.69) is 30.9 Å². The van der Waals surface area contributed by atoms with Gasteiger partial charge in [-0.3, -0.25) is 14.9 Å². The topological polar surface area (TPSA) is 97.4 Å². The van der Waals surface area contributed by atoms with Crippen molar-refractivity contribution in [1.29, 1.82) is 0 Å². The van der Waals surface area contributed by atoms with Crippen LogP contribution in [0.1, 0.15) is 10.5 Å². The lowest BCUT2D eigenvalue weighted by molar-refractivity contribution is -0.384. The predicted octanol–water partition coefficient (Wildman–Crippen LogP) is 2.90. The molecule has 10 heteroatoms. The molecule has 0 atom stereocenters. The Morgan fingerprint density at radius 3 is 2.59 bits per heavy atom. The molecule has 0 saturated carbocycles. The van der Waals surface area contributed by atoms with Crippen molar-refractivity contribution in [2.75, 3.05) is 31.1 Å². The molecule has 0 N–H and O–H groups in total. The number of carbonyl (C=O) groups excluding carboxylic acids is 1. The Kier molecular flexibility index (Phi) is 5.26. The van der Waals surface area contributed by atoms with Gasteiger partial charge in [0.05, 0.1) is 10.6 Å². The Hall–Kier alpha value is -3.27. The van der Waals surface area contributed by atoms with Crippen molar-refractivity contribution >= 4 is 33.3 Å². The number of amides is 1. The molecule has 0 bridgehead atoms. The zero-order valence-corrected chi connectivity index (χ0v) is 16.9. The molecule has 3 heterocycles. The Morgan fingerprint density at radius 2 is 1.90 bits per heavy atom. The molecule has 1 fully saturated rings. The normalized spacial score (nSPS) is 14.1. The van der Waals surface area contributed by atoms with E-state index in [0.717, 1.165) is 10.3 Å². The first-order valence-corrected chi connectivity index (χ1v) is 9.77. The van der Waals surface area contributed by atoms with E-state index in [-0.39, 0.29) is 11.6 Å². The maximum atomic E-state index is 12.8. The van der Waals surface area contributed by atoms with E-state index in [0.29, 0.717) is 37.6 Å². The number of nitrogens with zero attached hydrogens (tertiary/aromatic N) is 6. The second kappa shape index (κ2) is 8.00. The van der Waals surface area contributed by atoms with E-state index in [9.17, 15) is 14.9 Å². The summed E-state index contributed by atoms with van der Waals surface area (Å²) >= 11 is 3.38. The smallest absolute Gasteiger partial charge is 0.274 e. The van der Waals surface area contributed by atoms with Gasteiger partial charge in [0.2, 0.25) is 0 Å². The van der Waals surface area contributed by atoms with Crippen molar-refractivity contribution < 1.29 is 9.72 Å². The summed E-state index contributed by atoms with van der Waals surface area (Å²) in [6, 6.07) is 11.7. The summed E-state index contributed by atoms with van der Waals surface area (Å²) in [4.78, 5) is 31.6. The van der Waals surface area contributed by atoms with Crippen molar-refractivity contribution in [2.24, 2.45) is 0 Å². The molecule has 1 aliphatic heterocycles. The minimum atomic E-state index is -0.459. The number of aromatic nitrogens is 3. The Morgan fingerprint density at radius 1 is 1.10 bits per heavy atom. The highest BCUT2D eigenvalue weighted by atomic mass is 79.9. The fourth-order valence-electron chi connectivity index (χ4n) is 3.19. The number of non-ortho nitro benzene ring substituents is 1. The van der Waals surface area contributed by atoms with Crippen LogP contribution in [0.25, 0.3) is 5.69 Å². The van der Waals surface area contributed by atoms with Crippen LogP contribution in [0, 0.1) is 10.1 Å². The highest BCUT2D eigenvalue weighted by molar-refractivity contribution is 9.10. The second-order valence-electron chi connectivity index (χ2n) is 6.54. The number of hydrogen-bond donors (Lipinski definition) is 0. The SMILES string of the molecule is O=C(c1ccn(-c2cccc([N+](=O)[O-])c2)n1)N1CCN(c2ccc(Br)cn2)CC1. The molecule has 2 aromatic heterocycles. The van der Waals surface area contributed by atoms with Crippen molar-refractivity contribution in [1.82, 2.24) is 19.7 Å². The van der Waals surface area contributed by atoms with Gasteiger partial charge in [-0.1, -0.05) is 6.07 Å². The molecule has 1 amide bonds. The number of hydrogen-bond acceptors (Lipinski definition) is 6. The number of nitro benzene ring substituents is 1. The Labute approximate surface area is 174 Å². The number of rotatable bonds is 4. The third kappa shape index (κ3) is 4.11. The highest BCUT2D eigenvalue weighted by Crippen LogP contribution is 2.19. The summed E-state index contributed by atoms with van der Waals surface area (Å²) in [5.41, 5.74) is 0.819. The maximum Gasteiger partial charge on any atom is 0.274 e. The van der Waals surface area contributed by atoms with Crippen LogP contribution in [-0.4, -0.2) is 56.7 Å². The molecule has 29 heavy (non-hydrogen) atoms. The zero-order valence-electron chi connectivity index (χ0n) is 15.3. The molecule has 148 valence electrons. The molecular weight excluding hydrogens is 440 g/mol. The summed E-state index contributed by atoms with van der Waals surface area (Å²) in [5.74, 6) is 0.729. The zero-order chi connectivity index (χ0) is 20.4. The fraction of sp³-hybridized carbons (Fsp3) is 0.211. The van der Waals surface area contributed by atoms with Crippen LogP contribution in [-0.2, 0) is 0 Å². The molecule has 9 nitrogen and oxygen atoms in total. The number of piperazine rings is 1. The van der Waals surface area contributed by atoms with Crippen LogP contribution in [0.5, 0.6) is 0 Å². The quantitative estimate of drug-likeness (QED) is 0.442. The third-order valence-electron chi connectivity index (χ3n) is 4.72. The van der Waals surface area contributed by atoms with Gasteiger partial charge in [-0.2, -0.15) is 5.10 Å². The van der Waals surface area contributed by atoms with Crippen LogP contribution >= 0.6 is 15.9 Å². The molecule has 3 aromatic rings. The van der Waals surface area contributed by atoms with E-state index < -0.39 is 4.92 Å². The van der Waals surface area contributed by atoms with Gasteiger partial charge in [0.1, 0.15) is 5.82 Å². The van der Waals surface area contributed by atoms with Gasteiger partial charge in [0.25, 0.3) is 11.6 Å². The molecule has 0 radical (unpaired) electrons. The van der Waals surface area contributed by atoms with E-state index in [1.54, 1.807) is 35.5 Å². The van der Waals surface area contributed by atoms with Crippen molar-refractivity contribution in [2.45, 2.75) is 0 Å². The van der Waals surface area contributed by atoms with Gasteiger partial charge in [-0.15, -0.1) is 0 Å². The number of anilines is 1. The Bertz CT molecular complexity index is 1040. The number of carbonyl (C=O) groups is 1. The molecule has 1 aromatic carbocycles. The summed E-state index contributed by atoms with van der Waals surface area (Å²) in [6.45, 7) is 2.51. The summed E-state index contributed by atoms with van der Waals surface area (Å²) in [6.07, 6.45) is 3.39. The van der Waals surface area contributed by atoms with Crippen LogP contribution in [0.2, 0.25) is 0 Å². The maximum absolute atomic E-state index is 12.8. The first kappa shape index (κ1) is 19.1. The summed E-state index contributed by atoms with van der Waals surface area (Å²) < 4.78 is 2.40. The lowest BCUT2D eigenvalue weighted by atomic mass is 10.2. The molecule has 0 aliphatic carbocycles. The van der Waals surface area contributed by atoms with Gasteiger partial charge in [-0.25, -0.2) is 9.67 Å². The third-order valence-corrected chi connectivity index (χ3v) is 5.19. The monoisotopic (exact) mass is 456 g/mol. The number of benzene rings is 1. The van der Waals surface area contributed by atoms with Gasteiger partial charge in [0, 0.05) is 55.2 Å². The Balaban J connectivity index is 1.43. The molecule has 0 unspecified atom stereocenters. The lowest BCUT2D eigenvalue weighted by Gasteiger charge is -2.35. The van der Waals surface area contributed by atoms with Crippen LogP contribution in [0.3, 0.4) is 0 Å². The first-order valence-electron chi connectivity index (χ1n) is 8.97. The van der Waals surface area contributed by atoms with Crippen molar-refractivity contribution in [3.05, 3.63) is 75.1 Å². The molecule has 1 aliphatic rings. The summed E-state index contributed by atoms with van der Waals surface area (Å²) in [5, 5.41) is 15.3. The predicted molar refractivity (Wildman–Crippen MR) is 110 cm³/mol. The van der Waals surface area contributed by atoms with Gasteiger partial charge in [0.15, 0.2) is 5.69 Å². The highest BCUT2D eigenvalue weighted by Gasteiger charge is 2.24. The van der Waals surface area contributed by atoms with Crippen LogP contribution in [0.4, 0.5) is 11.5 Å². The van der Waals surface area contributed by atoms with Crippen LogP contribution in [0.15, 0.2) is 59.3 Å². The van der Waals surface area contributed by atoms with E-state index in [4.69, 9.17) is 0 Å². The van der Waals surface area contributed by atoms with Crippen molar-refractivity contribution in [3.8, 4) is 5.69 Å². The largest absolute Gasteiger partial charge is 0.353 e. The molecule has 1 saturated heterocycles. The minimum absolute atomic E-state index is 0.0245. The van der Waals surface area contributed by atoms with Crippen LogP contribution < -0.4 is 4.90 Å².